The maximum atomic E-state index is 5.25. The van der Waals surface area contributed by atoms with E-state index in [9.17, 15) is 0 Å². The Labute approximate surface area is 268 Å². The molecule has 0 radical (unpaired) electrons. The molecule has 3 aromatic rings. The Morgan fingerprint density at radius 2 is 0.667 bits per heavy atom. The molecular formula is C36H44ClMnN4. The number of hydrogen-bond donors (Lipinski definition) is 0. The van der Waals surface area contributed by atoms with Gasteiger partial charge in [0, 0.05) is 0 Å². The van der Waals surface area contributed by atoms with Crippen LogP contribution in [0.25, 0.3) is 44.4 Å². The fourth-order valence-corrected chi connectivity index (χ4v) is 6.92. The number of nitrogens with zero attached hydrogens (tertiary/aromatic N) is 4. The summed E-state index contributed by atoms with van der Waals surface area (Å²) in [7, 11) is 0. The smallest absolute Gasteiger partial charge is 1.00 e. The molecular weight excluding hydrogens is 579 g/mol. The van der Waals surface area contributed by atoms with E-state index in [1.54, 1.807) is 0 Å². The minimum atomic E-state index is 0. The molecule has 0 N–H and O–H groups in total. The summed E-state index contributed by atoms with van der Waals surface area (Å²) in [5.41, 5.74) is 19.1. The summed E-state index contributed by atoms with van der Waals surface area (Å²) in [5.74, 6) is 0. The second-order valence-corrected chi connectivity index (χ2v) is 10.8. The minimum absolute atomic E-state index is 0. The van der Waals surface area contributed by atoms with Crippen LogP contribution in [0.4, 0.5) is 0 Å². The van der Waals surface area contributed by atoms with Gasteiger partial charge in [-0.1, -0.05) is 95.8 Å². The molecule has 3 aromatic heterocycles. The largest absolute Gasteiger partial charge is 3.00 e. The molecule has 5 rings (SSSR count). The van der Waals surface area contributed by atoms with Crippen LogP contribution in [-0.4, -0.2) is 9.97 Å². The van der Waals surface area contributed by atoms with Crippen molar-refractivity contribution in [2.45, 2.75) is 107 Å². The Morgan fingerprint density at radius 3 is 0.929 bits per heavy atom. The van der Waals surface area contributed by atoms with Gasteiger partial charge in [-0.25, -0.2) is 9.97 Å². The molecule has 0 unspecified atom stereocenters. The zero-order valence-electron chi connectivity index (χ0n) is 26.5. The summed E-state index contributed by atoms with van der Waals surface area (Å²) >= 11 is 0. The average Bonchev–Trinajstić information content (AvgIpc) is 3.67. The van der Waals surface area contributed by atoms with Crippen LogP contribution in [0.15, 0.2) is 24.3 Å². The van der Waals surface area contributed by atoms with Crippen LogP contribution in [0, 0.1) is 0 Å². The molecule has 0 amide bonds. The summed E-state index contributed by atoms with van der Waals surface area (Å²) in [6.07, 6.45) is 7.60. The summed E-state index contributed by atoms with van der Waals surface area (Å²) in [5, 5.41) is 0. The second kappa shape index (κ2) is 14.3. The molecule has 0 saturated carbocycles. The van der Waals surface area contributed by atoms with E-state index >= 15 is 0 Å². The predicted molar refractivity (Wildman–Crippen MR) is 171 cm³/mol. The third kappa shape index (κ3) is 5.68. The van der Waals surface area contributed by atoms with Gasteiger partial charge in [0.15, 0.2) is 0 Å². The van der Waals surface area contributed by atoms with Crippen molar-refractivity contribution in [2.24, 2.45) is 0 Å². The summed E-state index contributed by atoms with van der Waals surface area (Å²) < 4.78 is 0. The Bertz CT molecular complexity index is 1570. The first-order valence-electron chi connectivity index (χ1n) is 15.6. The number of halogens is 1. The number of rotatable bonds is 8. The molecule has 0 fully saturated rings. The van der Waals surface area contributed by atoms with Crippen molar-refractivity contribution in [3.63, 3.8) is 0 Å². The molecule has 0 aliphatic carbocycles. The van der Waals surface area contributed by atoms with Gasteiger partial charge in [-0.05, 0) is 79.7 Å². The van der Waals surface area contributed by atoms with Crippen molar-refractivity contribution in [2.75, 3.05) is 0 Å². The van der Waals surface area contributed by atoms with E-state index in [-0.39, 0.29) is 29.5 Å². The SMILES string of the molecule is CCC1=C(CC)c2cc3[n-]c(cc4[n-]c(cc5nc(cc1n2)C(CC)=C5CC)c(CC)c4CC)c(CC)c3CC.[Cl-].[Mn+3]. The third-order valence-electron chi connectivity index (χ3n) is 8.82. The molecule has 6 heteroatoms. The second-order valence-electron chi connectivity index (χ2n) is 10.8. The fourth-order valence-electron chi connectivity index (χ4n) is 6.92. The van der Waals surface area contributed by atoms with Gasteiger partial charge in [0.05, 0.1) is 22.8 Å². The first-order chi connectivity index (χ1) is 19.5. The molecule has 0 spiro atoms. The number of fused-ring (bicyclic) bond motifs is 8. The molecule has 4 nitrogen and oxygen atoms in total. The Hall–Kier alpha value is -2.59. The summed E-state index contributed by atoms with van der Waals surface area (Å²) in [6, 6.07) is 8.98. The van der Waals surface area contributed by atoms with Gasteiger partial charge in [0.2, 0.25) is 0 Å². The van der Waals surface area contributed by atoms with E-state index in [2.05, 4.69) is 79.7 Å². The van der Waals surface area contributed by atoms with Crippen LogP contribution < -0.4 is 22.4 Å². The molecule has 0 atom stereocenters. The third-order valence-corrected chi connectivity index (χ3v) is 8.82. The van der Waals surface area contributed by atoms with E-state index in [1.807, 2.05) is 0 Å². The van der Waals surface area contributed by atoms with Crippen LogP contribution in [0.1, 0.15) is 126 Å². The van der Waals surface area contributed by atoms with E-state index < -0.39 is 0 Å². The van der Waals surface area contributed by atoms with Gasteiger partial charge < -0.3 is 22.4 Å². The number of allylic oxidation sites excluding steroid dienone is 4. The minimum Gasteiger partial charge on any atom is -1.00 e. The monoisotopic (exact) mass is 622 g/mol. The van der Waals surface area contributed by atoms with Gasteiger partial charge in [0.1, 0.15) is 0 Å². The maximum absolute atomic E-state index is 5.25. The molecule has 2 aliphatic rings. The van der Waals surface area contributed by atoms with Crippen molar-refractivity contribution in [1.29, 1.82) is 0 Å². The van der Waals surface area contributed by atoms with Crippen LogP contribution >= 0.6 is 0 Å². The number of hydrogen-bond acceptors (Lipinski definition) is 2. The zero-order chi connectivity index (χ0) is 28.6. The molecule has 2 aliphatic heterocycles. The summed E-state index contributed by atoms with van der Waals surface area (Å²) in [4.78, 5) is 21.0. The van der Waals surface area contributed by atoms with Crippen molar-refractivity contribution < 1.29 is 29.5 Å². The Kier molecular flexibility index (Phi) is 11.5. The Balaban J connectivity index is 0.00000242. The first-order valence-corrected chi connectivity index (χ1v) is 15.6. The molecule has 222 valence electrons. The van der Waals surface area contributed by atoms with Crippen LogP contribution in [0.5, 0.6) is 0 Å². The normalized spacial score (nSPS) is 13.0. The Morgan fingerprint density at radius 1 is 0.405 bits per heavy atom. The van der Waals surface area contributed by atoms with Gasteiger partial charge in [-0.3, -0.25) is 0 Å². The van der Waals surface area contributed by atoms with Gasteiger partial charge >= 0.3 is 17.1 Å². The number of aryl methyl sites for hydroxylation is 4. The van der Waals surface area contributed by atoms with E-state index in [1.165, 1.54) is 44.5 Å². The standard InChI is InChI=1S/C36H44N4.ClH.Mn/c1-9-21-22(10-2)30-18-32-25(13-5)26(14-6)34(39-32)20-36-28(16-8)27(15-7)35(40-36)19-33-24(12-4)23(11-3)31(38-33)17-29(21)37-30;;/h17-20H,9-16H2,1-8H3;1H;/q-2;;+3/p-1. The molecule has 0 aromatic carbocycles. The quantitative estimate of drug-likeness (QED) is 0.277. The van der Waals surface area contributed by atoms with Crippen LogP contribution in [0.3, 0.4) is 0 Å². The van der Waals surface area contributed by atoms with Crippen LogP contribution in [-0.2, 0) is 42.8 Å². The average molecular weight is 623 g/mol. The van der Waals surface area contributed by atoms with E-state index in [4.69, 9.17) is 19.9 Å². The maximum Gasteiger partial charge on any atom is 3.00 e. The zero-order valence-corrected chi connectivity index (χ0v) is 28.4. The van der Waals surface area contributed by atoms with Gasteiger partial charge in [0.25, 0.3) is 0 Å². The van der Waals surface area contributed by atoms with Crippen molar-refractivity contribution in [3.8, 4) is 0 Å². The van der Waals surface area contributed by atoms with Gasteiger partial charge in [-0.15, -0.1) is 22.1 Å². The molecule has 5 heterocycles. The van der Waals surface area contributed by atoms with Crippen molar-refractivity contribution in [1.82, 2.24) is 19.9 Å². The molecule has 0 saturated heterocycles. The topological polar surface area (TPSA) is 54.0 Å². The fraction of sp³-hybridized carbons (Fsp3) is 0.444. The number of aromatic nitrogens is 4. The first kappa shape index (κ1) is 33.9. The van der Waals surface area contributed by atoms with Gasteiger partial charge in [-0.2, -0.15) is 0 Å². The van der Waals surface area contributed by atoms with Crippen molar-refractivity contribution >= 4 is 44.4 Å². The predicted octanol–water partition coefficient (Wildman–Crippen LogP) is 6.29. The van der Waals surface area contributed by atoms with Crippen LogP contribution in [0.2, 0.25) is 0 Å². The van der Waals surface area contributed by atoms with E-state index in [0.29, 0.717) is 0 Å². The molecule has 8 bridgehead atoms. The summed E-state index contributed by atoms with van der Waals surface area (Å²) in [6.45, 7) is 17.9. The molecule has 42 heavy (non-hydrogen) atoms. The van der Waals surface area contributed by atoms with E-state index in [0.717, 1.165) is 96.2 Å². The van der Waals surface area contributed by atoms with Crippen molar-refractivity contribution in [3.05, 3.63) is 69.3 Å².